The highest BCUT2D eigenvalue weighted by molar-refractivity contribution is 6.32. The van der Waals surface area contributed by atoms with Crippen LogP contribution in [0.1, 0.15) is 32.9 Å². The van der Waals surface area contributed by atoms with E-state index in [0.717, 1.165) is 6.42 Å². The van der Waals surface area contributed by atoms with E-state index in [-0.39, 0.29) is 29.5 Å². The number of nitrogens with one attached hydrogen (secondary N) is 2. The number of carbonyl (C=O) groups is 2. The summed E-state index contributed by atoms with van der Waals surface area (Å²) in [5.74, 6) is 0.286. The Morgan fingerprint density at radius 2 is 2.20 bits per heavy atom. The standard InChI is InChI=1S/C17H18ClN3O4/c1-9-11(18)3-4-13(24-2)15(9)17(23)20-6-10-5-12(10)21-16(22)14-7-19-8-25-14/h3-4,7-8,10,12H,5-6H2,1-2H3,(H,20,23)(H,21,22)/t10-,12-/m0/s1. The molecular weight excluding hydrogens is 346 g/mol. The van der Waals surface area contributed by atoms with Crippen molar-refractivity contribution in [3.8, 4) is 5.75 Å². The van der Waals surface area contributed by atoms with E-state index in [1.54, 1.807) is 19.1 Å². The van der Waals surface area contributed by atoms with E-state index in [9.17, 15) is 9.59 Å². The number of hydrogen-bond donors (Lipinski definition) is 2. The molecular formula is C17H18ClN3O4. The summed E-state index contributed by atoms with van der Waals surface area (Å²) in [7, 11) is 1.51. The normalized spacial score (nSPS) is 18.5. The lowest BCUT2D eigenvalue weighted by Gasteiger charge is -2.13. The number of halogens is 1. The van der Waals surface area contributed by atoms with Gasteiger partial charge in [0.05, 0.1) is 18.9 Å². The van der Waals surface area contributed by atoms with Crippen molar-refractivity contribution in [2.75, 3.05) is 13.7 Å². The number of benzene rings is 1. The van der Waals surface area contributed by atoms with Crippen LogP contribution in [0.15, 0.2) is 29.1 Å². The van der Waals surface area contributed by atoms with Gasteiger partial charge in [-0.3, -0.25) is 9.59 Å². The van der Waals surface area contributed by atoms with Crippen LogP contribution in [0.5, 0.6) is 5.75 Å². The van der Waals surface area contributed by atoms with Gasteiger partial charge in [-0.1, -0.05) is 11.6 Å². The number of methoxy groups -OCH3 is 1. The fourth-order valence-electron chi connectivity index (χ4n) is 2.64. The Kier molecular flexibility index (Phi) is 4.94. The van der Waals surface area contributed by atoms with Gasteiger partial charge in [-0.15, -0.1) is 0 Å². The van der Waals surface area contributed by atoms with Gasteiger partial charge in [0.2, 0.25) is 5.76 Å². The third-order valence-electron chi connectivity index (χ3n) is 4.23. The average Bonchev–Trinajstić information content (AvgIpc) is 3.10. The molecule has 0 saturated heterocycles. The third kappa shape index (κ3) is 3.76. The first-order valence-corrected chi connectivity index (χ1v) is 8.19. The Hall–Kier alpha value is -2.54. The minimum Gasteiger partial charge on any atom is -0.496 e. The lowest BCUT2D eigenvalue weighted by molar-refractivity contribution is 0.0921. The van der Waals surface area contributed by atoms with Gasteiger partial charge >= 0.3 is 0 Å². The number of oxazole rings is 1. The highest BCUT2D eigenvalue weighted by atomic mass is 35.5. The van der Waals surface area contributed by atoms with Crippen molar-refractivity contribution in [1.82, 2.24) is 15.6 Å². The molecule has 1 fully saturated rings. The molecule has 3 rings (SSSR count). The molecule has 0 spiro atoms. The molecule has 1 aromatic heterocycles. The van der Waals surface area contributed by atoms with Crippen molar-refractivity contribution >= 4 is 23.4 Å². The molecule has 1 heterocycles. The monoisotopic (exact) mass is 363 g/mol. The van der Waals surface area contributed by atoms with Crippen LogP contribution in [0.4, 0.5) is 0 Å². The molecule has 0 aliphatic heterocycles. The first kappa shape index (κ1) is 17.3. The van der Waals surface area contributed by atoms with Gasteiger partial charge in [0.1, 0.15) is 5.75 Å². The van der Waals surface area contributed by atoms with Gasteiger partial charge in [0, 0.05) is 17.6 Å². The number of ether oxygens (including phenoxy) is 1. The van der Waals surface area contributed by atoms with Crippen molar-refractivity contribution in [1.29, 1.82) is 0 Å². The van der Waals surface area contributed by atoms with Gasteiger partial charge in [-0.05, 0) is 37.0 Å². The summed E-state index contributed by atoms with van der Waals surface area (Å²) in [6.45, 7) is 2.23. The van der Waals surface area contributed by atoms with Crippen molar-refractivity contribution in [2.45, 2.75) is 19.4 Å². The Bertz CT molecular complexity index is 791. The fraction of sp³-hybridized carbons (Fsp3) is 0.353. The maximum Gasteiger partial charge on any atom is 0.288 e. The molecule has 2 atom stereocenters. The summed E-state index contributed by atoms with van der Waals surface area (Å²) in [4.78, 5) is 28.1. The molecule has 2 N–H and O–H groups in total. The van der Waals surface area contributed by atoms with E-state index in [1.165, 1.54) is 19.7 Å². The quantitative estimate of drug-likeness (QED) is 0.820. The minimum absolute atomic E-state index is 0.0141. The van der Waals surface area contributed by atoms with Crippen LogP contribution in [0.2, 0.25) is 5.02 Å². The van der Waals surface area contributed by atoms with Crippen molar-refractivity contribution < 1.29 is 18.7 Å². The molecule has 0 radical (unpaired) electrons. The topological polar surface area (TPSA) is 93.5 Å². The maximum atomic E-state index is 12.5. The summed E-state index contributed by atoms with van der Waals surface area (Å²) in [6, 6.07) is 3.38. The van der Waals surface area contributed by atoms with Gasteiger partial charge in [-0.2, -0.15) is 0 Å². The largest absolute Gasteiger partial charge is 0.496 e. The molecule has 0 unspecified atom stereocenters. The predicted molar refractivity (Wildman–Crippen MR) is 90.9 cm³/mol. The summed E-state index contributed by atoms with van der Waals surface area (Å²) in [5.41, 5.74) is 1.10. The molecule has 25 heavy (non-hydrogen) atoms. The summed E-state index contributed by atoms with van der Waals surface area (Å²) >= 11 is 6.09. The molecule has 1 aliphatic carbocycles. The number of aromatic nitrogens is 1. The zero-order valence-corrected chi connectivity index (χ0v) is 14.6. The van der Waals surface area contributed by atoms with Crippen LogP contribution in [0, 0.1) is 12.8 Å². The van der Waals surface area contributed by atoms with E-state index < -0.39 is 0 Å². The van der Waals surface area contributed by atoms with Crippen molar-refractivity contribution in [2.24, 2.45) is 5.92 Å². The van der Waals surface area contributed by atoms with E-state index >= 15 is 0 Å². The molecule has 1 aromatic carbocycles. The van der Waals surface area contributed by atoms with Crippen LogP contribution in [0.3, 0.4) is 0 Å². The number of amides is 2. The van der Waals surface area contributed by atoms with Crippen molar-refractivity contribution in [3.63, 3.8) is 0 Å². The van der Waals surface area contributed by atoms with Crippen molar-refractivity contribution in [3.05, 3.63) is 46.6 Å². The highest BCUT2D eigenvalue weighted by Crippen LogP contribution is 2.31. The zero-order chi connectivity index (χ0) is 18.0. The SMILES string of the molecule is COc1ccc(Cl)c(C)c1C(=O)NC[C@@H]1C[C@@H]1NC(=O)c1cnco1. The highest BCUT2D eigenvalue weighted by Gasteiger charge is 2.39. The minimum atomic E-state index is -0.302. The van der Waals surface area contributed by atoms with E-state index in [2.05, 4.69) is 15.6 Å². The van der Waals surface area contributed by atoms with Crippen LogP contribution in [-0.4, -0.2) is 36.5 Å². The average molecular weight is 364 g/mol. The van der Waals surface area contributed by atoms with Crippen LogP contribution < -0.4 is 15.4 Å². The fourth-order valence-corrected chi connectivity index (χ4v) is 2.80. The smallest absolute Gasteiger partial charge is 0.288 e. The summed E-state index contributed by atoms with van der Waals surface area (Å²) < 4.78 is 10.2. The first-order valence-electron chi connectivity index (χ1n) is 7.82. The molecule has 7 nitrogen and oxygen atoms in total. The summed E-state index contributed by atoms with van der Waals surface area (Å²) in [5, 5.41) is 6.23. The molecule has 8 heteroatoms. The Balaban J connectivity index is 1.54. The second-order valence-corrected chi connectivity index (χ2v) is 6.31. The molecule has 0 bridgehead atoms. The number of hydrogen-bond acceptors (Lipinski definition) is 5. The second-order valence-electron chi connectivity index (χ2n) is 5.90. The van der Waals surface area contributed by atoms with Gasteiger partial charge in [0.15, 0.2) is 6.39 Å². The first-order chi connectivity index (χ1) is 12.0. The van der Waals surface area contributed by atoms with Crippen LogP contribution >= 0.6 is 11.6 Å². The lowest BCUT2D eigenvalue weighted by atomic mass is 10.1. The van der Waals surface area contributed by atoms with Crippen LogP contribution in [-0.2, 0) is 0 Å². The van der Waals surface area contributed by atoms with Gasteiger partial charge in [0.25, 0.3) is 11.8 Å². The Morgan fingerprint density at radius 1 is 1.40 bits per heavy atom. The predicted octanol–water partition coefficient (Wildman–Crippen LogP) is 2.19. The summed E-state index contributed by atoms with van der Waals surface area (Å²) in [6.07, 6.45) is 3.37. The van der Waals surface area contributed by atoms with E-state index in [4.69, 9.17) is 20.8 Å². The molecule has 132 valence electrons. The molecule has 1 aliphatic rings. The molecule has 2 amide bonds. The molecule has 2 aromatic rings. The Labute approximate surface area is 149 Å². The van der Waals surface area contributed by atoms with E-state index in [0.29, 0.717) is 28.4 Å². The number of rotatable bonds is 6. The Morgan fingerprint density at radius 3 is 2.88 bits per heavy atom. The second kappa shape index (κ2) is 7.14. The van der Waals surface area contributed by atoms with Crippen LogP contribution in [0.25, 0.3) is 0 Å². The van der Waals surface area contributed by atoms with Gasteiger partial charge < -0.3 is 19.8 Å². The lowest BCUT2D eigenvalue weighted by Crippen LogP contribution is -2.31. The zero-order valence-electron chi connectivity index (χ0n) is 13.8. The van der Waals surface area contributed by atoms with E-state index in [1.807, 2.05) is 0 Å². The number of nitrogens with zero attached hydrogens (tertiary/aromatic N) is 1. The molecule has 1 saturated carbocycles. The maximum absolute atomic E-state index is 12.5. The van der Waals surface area contributed by atoms with Gasteiger partial charge in [-0.25, -0.2) is 4.98 Å². The number of carbonyl (C=O) groups excluding carboxylic acids is 2. The third-order valence-corrected chi connectivity index (χ3v) is 4.64.